The number of thiocarbonyl (C=S) groups is 1. The lowest BCUT2D eigenvalue weighted by Crippen LogP contribution is -2.35. The van der Waals surface area contributed by atoms with E-state index in [1.54, 1.807) is 11.0 Å². The van der Waals surface area contributed by atoms with Crippen molar-refractivity contribution in [2.45, 2.75) is 52.4 Å². The first-order chi connectivity index (χ1) is 17.4. The lowest BCUT2D eigenvalue weighted by Gasteiger charge is -2.17. The predicted octanol–water partition coefficient (Wildman–Crippen LogP) is 5.91. The summed E-state index contributed by atoms with van der Waals surface area (Å²) in [4.78, 5) is 43.1. The molecule has 0 aromatic heterocycles. The highest BCUT2D eigenvalue weighted by Gasteiger charge is 2.42. The molecule has 0 saturated carbocycles. The van der Waals surface area contributed by atoms with Crippen molar-refractivity contribution in [2.24, 2.45) is 0 Å². The predicted molar refractivity (Wildman–Crippen MR) is 151 cm³/mol. The fourth-order valence-electron chi connectivity index (χ4n) is 4.52. The summed E-state index contributed by atoms with van der Waals surface area (Å²) in [6.45, 7) is 4.55. The minimum absolute atomic E-state index is 0.147. The van der Waals surface area contributed by atoms with Crippen molar-refractivity contribution in [1.82, 2.24) is 4.90 Å². The minimum atomic E-state index is -0.351. The number of fused-ring (bicyclic) bond motifs is 1. The maximum absolute atomic E-state index is 13.6. The van der Waals surface area contributed by atoms with Crippen LogP contribution in [-0.4, -0.2) is 40.0 Å². The van der Waals surface area contributed by atoms with Gasteiger partial charge in [-0.05, 0) is 37.1 Å². The molecule has 2 aromatic rings. The Morgan fingerprint density at radius 3 is 2.47 bits per heavy atom. The Bertz CT molecular complexity index is 1220. The molecule has 2 aromatic carbocycles. The quantitative estimate of drug-likeness (QED) is 0.239. The Morgan fingerprint density at radius 2 is 1.69 bits per heavy atom. The topological polar surface area (TPSA) is 69.7 Å². The lowest BCUT2D eigenvalue weighted by atomic mass is 10.1. The van der Waals surface area contributed by atoms with Crippen LogP contribution in [0.5, 0.6) is 0 Å². The number of unbranched alkanes of at least 4 members (excludes halogenated alkanes) is 5. The largest absolute Gasteiger partial charge is 0.325 e. The third kappa shape index (κ3) is 5.71. The molecule has 0 aliphatic carbocycles. The number of nitrogens with zero attached hydrogens (tertiary/aromatic N) is 2. The monoisotopic (exact) mass is 521 g/mol. The van der Waals surface area contributed by atoms with Gasteiger partial charge in [-0.1, -0.05) is 93.3 Å². The van der Waals surface area contributed by atoms with Gasteiger partial charge in [0.05, 0.1) is 16.2 Å². The van der Waals surface area contributed by atoms with E-state index in [1.165, 1.54) is 35.9 Å². The third-order valence-corrected chi connectivity index (χ3v) is 7.79. The number of hydrogen-bond acceptors (Lipinski definition) is 5. The standard InChI is InChI=1S/C28H31N3O3S2/c1-3-4-5-6-7-10-16-30-27(34)25(36-28(30)35)24-21-14-8-9-15-22(21)31(26(24)33)18-23(32)29-20-13-11-12-19(2)17-20/h8-9,11-15,17H,3-7,10,16,18H2,1-2H3,(H,29,32)/b25-24-. The average molecular weight is 522 g/mol. The summed E-state index contributed by atoms with van der Waals surface area (Å²) in [7, 11) is 0. The summed E-state index contributed by atoms with van der Waals surface area (Å²) < 4.78 is 0.483. The molecule has 0 radical (unpaired) electrons. The van der Waals surface area contributed by atoms with Gasteiger partial charge in [-0.25, -0.2) is 0 Å². The Kier molecular flexibility index (Phi) is 8.59. The van der Waals surface area contributed by atoms with Gasteiger partial charge in [0.2, 0.25) is 5.91 Å². The normalized spacial score (nSPS) is 17.2. The molecule has 3 amide bonds. The fraction of sp³-hybridized carbons (Fsp3) is 0.357. The Morgan fingerprint density at radius 1 is 0.944 bits per heavy atom. The van der Waals surface area contributed by atoms with E-state index in [4.69, 9.17) is 12.2 Å². The average Bonchev–Trinajstić information content (AvgIpc) is 3.28. The highest BCUT2D eigenvalue weighted by molar-refractivity contribution is 8.26. The Labute approximate surface area is 222 Å². The molecule has 0 unspecified atom stereocenters. The van der Waals surface area contributed by atoms with Gasteiger partial charge >= 0.3 is 0 Å². The summed E-state index contributed by atoms with van der Waals surface area (Å²) in [6.07, 6.45) is 6.71. The van der Waals surface area contributed by atoms with Gasteiger partial charge in [0.25, 0.3) is 11.8 Å². The second-order valence-corrected chi connectivity index (χ2v) is 10.8. The first-order valence-corrected chi connectivity index (χ1v) is 13.7. The van der Waals surface area contributed by atoms with Gasteiger partial charge in [0.15, 0.2) is 0 Å². The maximum atomic E-state index is 13.6. The van der Waals surface area contributed by atoms with Gasteiger partial charge in [-0.15, -0.1) is 0 Å². The van der Waals surface area contributed by atoms with Gasteiger partial charge in [0.1, 0.15) is 10.9 Å². The number of carbonyl (C=O) groups excluding carboxylic acids is 3. The summed E-state index contributed by atoms with van der Waals surface area (Å²) in [5.41, 5.74) is 3.32. The molecule has 2 heterocycles. The number of anilines is 2. The van der Waals surface area contributed by atoms with Crippen molar-refractivity contribution >= 4 is 63.0 Å². The van der Waals surface area contributed by atoms with E-state index in [-0.39, 0.29) is 24.3 Å². The second-order valence-electron chi connectivity index (χ2n) is 9.12. The van der Waals surface area contributed by atoms with E-state index < -0.39 is 0 Å². The van der Waals surface area contributed by atoms with Crippen LogP contribution in [0, 0.1) is 6.92 Å². The number of rotatable bonds is 10. The van der Waals surface area contributed by atoms with Crippen LogP contribution in [0.1, 0.15) is 56.6 Å². The van der Waals surface area contributed by atoms with E-state index >= 15 is 0 Å². The van der Waals surface area contributed by atoms with E-state index in [9.17, 15) is 14.4 Å². The van der Waals surface area contributed by atoms with Crippen molar-refractivity contribution in [3.63, 3.8) is 0 Å². The first kappa shape index (κ1) is 26.1. The van der Waals surface area contributed by atoms with Crippen LogP contribution in [0.25, 0.3) is 5.57 Å². The smallest absolute Gasteiger partial charge is 0.267 e. The molecular formula is C28H31N3O3S2. The summed E-state index contributed by atoms with van der Waals surface area (Å²) in [5.74, 6) is -0.876. The van der Waals surface area contributed by atoms with E-state index in [2.05, 4.69) is 12.2 Å². The molecule has 1 saturated heterocycles. The van der Waals surface area contributed by atoms with E-state index in [0.29, 0.717) is 38.3 Å². The number of benzene rings is 2. The fourth-order valence-corrected chi connectivity index (χ4v) is 5.90. The van der Waals surface area contributed by atoms with Crippen LogP contribution in [0.3, 0.4) is 0 Å². The van der Waals surface area contributed by atoms with Crippen LogP contribution in [-0.2, 0) is 14.4 Å². The molecule has 2 aliphatic rings. The van der Waals surface area contributed by atoms with Crippen LogP contribution >= 0.6 is 24.0 Å². The van der Waals surface area contributed by atoms with Crippen molar-refractivity contribution < 1.29 is 14.4 Å². The lowest BCUT2D eigenvalue weighted by molar-refractivity contribution is -0.122. The molecule has 1 fully saturated rings. The second kappa shape index (κ2) is 11.8. The zero-order valence-corrected chi connectivity index (χ0v) is 22.3. The van der Waals surface area contributed by atoms with Crippen LogP contribution in [0.4, 0.5) is 11.4 Å². The summed E-state index contributed by atoms with van der Waals surface area (Å²) in [6, 6.07) is 14.8. The molecule has 1 N–H and O–H groups in total. The number of carbonyl (C=O) groups is 3. The maximum Gasteiger partial charge on any atom is 0.267 e. The molecular weight excluding hydrogens is 490 g/mol. The molecule has 8 heteroatoms. The number of amides is 3. The van der Waals surface area contributed by atoms with Gasteiger partial charge in [0, 0.05) is 17.8 Å². The molecule has 2 aliphatic heterocycles. The van der Waals surface area contributed by atoms with Crippen molar-refractivity contribution in [3.05, 3.63) is 64.6 Å². The third-order valence-electron chi connectivity index (χ3n) is 6.34. The number of hydrogen-bond donors (Lipinski definition) is 1. The van der Waals surface area contributed by atoms with E-state index in [0.717, 1.165) is 24.8 Å². The molecule has 188 valence electrons. The van der Waals surface area contributed by atoms with Crippen molar-refractivity contribution in [3.8, 4) is 0 Å². The van der Waals surface area contributed by atoms with Gasteiger partial charge < -0.3 is 5.32 Å². The molecule has 0 bridgehead atoms. The number of para-hydroxylation sites is 1. The van der Waals surface area contributed by atoms with Gasteiger partial charge in [-0.3, -0.25) is 24.2 Å². The Hall–Kier alpha value is -2.97. The van der Waals surface area contributed by atoms with Crippen LogP contribution in [0.2, 0.25) is 0 Å². The molecule has 6 nitrogen and oxygen atoms in total. The minimum Gasteiger partial charge on any atom is -0.325 e. The molecule has 0 spiro atoms. The SMILES string of the molecule is CCCCCCCCN1C(=O)/C(=C2/C(=O)N(CC(=O)Nc3cccc(C)c3)c3ccccc32)SC1=S. The Balaban J connectivity index is 1.51. The van der Waals surface area contributed by atoms with Crippen molar-refractivity contribution in [1.29, 1.82) is 0 Å². The molecule has 0 atom stereocenters. The van der Waals surface area contributed by atoms with Crippen LogP contribution in [0.15, 0.2) is 53.4 Å². The van der Waals surface area contributed by atoms with Crippen LogP contribution < -0.4 is 10.2 Å². The number of nitrogens with one attached hydrogen (secondary N) is 1. The van der Waals surface area contributed by atoms with E-state index in [1.807, 2.05) is 49.4 Å². The molecule has 36 heavy (non-hydrogen) atoms. The summed E-state index contributed by atoms with van der Waals surface area (Å²) >= 11 is 6.70. The molecule has 4 rings (SSSR count). The highest BCUT2D eigenvalue weighted by Crippen LogP contribution is 2.44. The zero-order chi connectivity index (χ0) is 25.7. The van der Waals surface area contributed by atoms with Crippen molar-refractivity contribution in [2.75, 3.05) is 23.3 Å². The van der Waals surface area contributed by atoms with Gasteiger partial charge in [-0.2, -0.15) is 0 Å². The first-order valence-electron chi connectivity index (χ1n) is 12.5. The summed E-state index contributed by atoms with van der Waals surface area (Å²) in [5, 5.41) is 2.86. The highest BCUT2D eigenvalue weighted by atomic mass is 32.2. The number of aryl methyl sites for hydroxylation is 1. The zero-order valence-electron chi connectivity index (χ0n) is 20.7. The number of thioether (sulfide) groups is 1.